The van der Waals surface area contributed by atoms with Crippen LogP contribution in [0.4, 0.5) is 13.2 Å². The predicted octanol–water partition coefficient (Wildman–Crippen LogP) is 4.06. The van der Waals surface area contributed by atoms with Gasteiger partial charge in [-0.05, 0) is 79.5 Å². The van der Waals surface area contributed by atoms with Gasteiger partial charge in [-0.15, -0.1) is 0 Å². The topological polar surface area (TPSA) is 63.6 Å². The largest absolute Gasteiger partial charge is 0.534 e. The van der Waals surface area contributed by atoms with Crippen molar-refractivity contribution in [3.63, 3.8) is 0 Å². The molecule has 2 aliphatic carbocycles. The van der Waals surface area contributed by atoms with Crippen molar-refractivity contribution < 1.29 is 30.9 Å². The van der Waals surface area contributed by atoms with Crippen LogP contribution in [0.25, 0.3) is 0 Å². The van der Waals surface area contributed by atoms with Gasteiger partial charge in [0.05, 0.1) is 6.10 Å². The minimum Gasteiger partial charge on any atom is -0.393 e. The van der Waals surface area contributed by atoms with Gasteiger partial charge in [0.2, 0.25) is 0 Å². The fraction of sp³-hybridized carbons (Fsp3) is 0.667. The first-order valence-corrected chi connectivity index (χ1v) is 10.3. The van der Waals surface area contributed by atoms with E-state index in [4.69, 9.17) is 0 Å². The molecule has 1 aromatic rings. The predicted molar refractivity (Wildman–Crippen MR) is 90.3 cm³/mol. The second kappa shape index (κ2) is 6.71. The molecule has 1 fully saturated rings. The lowest BCUT2D eigenvalue weighted by atomic mass is 9.59. The molecular formula is C18H23F3O4S. The second-order valence-electron chi connectivity index (χ2n) is 7.33. The molecular weight excluding hydrogens is 369 g/mol. The van der Waals surface area contributed by atoms with Crippen LogP contribution in [0.15, 0.2) is 18.2 Å². The molecule has 0 bridgehead atoms. The van der Waals surface area contributed by atoms with Crippen molar-refractivity contribution in [2.24, 2.45) is 5.92 Å². The SMILES string of the molecule is CCC12CCC(O)CC1CCCc1cc(OS(=O)(=O)C(F)(F)F)ccc12. The first-order chi connectivity index (χ1) is 12.1. The lowest BCUT2D eigenvalue weighted by Crippen LogP contribution is -2.41. The van der Waals surface area contributed by atoms with Crippen LogP contribution in [-0.4, -0.2) is 25.1 Å². The number of alkyl halides is 3. The zero-order valence-corrected chi connectivity index (χ0v) is 15.4. The van der Waals surface area contributed by atoms with Crippen LogP contribution in [0, 0.1) is 5.92 Å². The maximum atomic E-state index is 12.6. The highest BCUT2D eigenvalue weighted by Gasteiger charge is 2.49. The summed E-state index contributed by atoms with van der Waals surface area (Å²) in [5.41, 5.74) is -3.66. The molecule has 0 radical (unpaired) electrons. The van der Waals surface area contributed by atoms with E-state index in [0.717, 1.165) is 43.2 Å². The van der Waals surface area contributed by atoms with Gasteiger partial charge in [-0.2, -0.15) is 21.6 Å². The molecule has 8 heteroatoms. The summed E-state index contributed by atoms with van der Waals surface area (Å²) in [6.45, 7) is 2.10. The Hall–Kier alpha value is -1.28. The number of aryl methyl sites for hydroxylation is 1. The molecule has 4 nitrogen and oxygen atoms in total. The van der Waals surface area contributed by atoms with Crippen LogP contribution in [-0.2, 0) is 22.0 Å². The number of rotatable bonds is 3. The van der Waals surface area contributed by atoms with Crippen molar-refractivity contribution in [2.75, 3.05) is 0 Å². The van der Waals surface area contributed by atoms with E-state index in [1.54, 1.807) is 6.07 Å². The van der Waals surface area contributed by atoms with Gasteiger partial charge in [0.25, 0.3) is 0 Å². The van der Waals surface area contributed by atoms with E-state index in [1.165, 1.54) is 12.1 Å². The van der Waals surface area contributed by atoms with E-state index >= 15 is 0 Å². The molecule has 3 unspecified atom stereocenters. The molecule has 0 saturated heterocycles. The molecule has 26 heavy (non-hydrogen) atoms. The lowest BCUT2D eigenvalue weighted by Gasteiger charge is -2.46. The van der Waals surface area contributed by atoms with Gasteiger partial charge < -0.3 is 9.29 Å². The number of halogens is 3. The van der Waals surface area contributed by atoms with Gasteiger partial charge in [-0.1, -0.05) is 13.0 Å². The van der Waals surface area contributed by atoms with Gasteiger partial charge in [-0.25, -0.2) is 0 Å². The Balaban J connectivity index is 1.99. The van der Waals surface area contributed by atoms with Crippen LogP contribution in [0.2, 0.25) is 0 Å². The second-order valence-corrected chi connectivity index (χ2v) is 8.87. The average molecular weight is 392 g/mol. The smallest absolute Gasteiger partial charge is 0.393 e. The number of benzene rings is 1. The first kappa shape index (κ1) is 19.5. The van der Waals surface area contributed by atoms with Gasteiger partial charge in [0.15, 0.2) is 0 Å². The minimum absolute atomic E-state index is 0.119. The summed E-state index contributed by atoms with van der Waals surface area (Å²) < 4.78 is 64.5. The fourth-order valence-corrected chi connectivity index (χ4v) is 5.18. The Morgan fingerprint density at radius 1 is 1.31 bits per heavy atom. The lowest BCUT2D eigenvalue weighted by molar-refractivity contribution is -0.0500. The summed E-state index contributed by atoms with van der Waals surface area (Å²) in [6.07, 6.45) is 5.27. The van der Waals surface area contributed by atoms with Crippen molar-refractivity contribution in [1.82, 2.24) is 0 Å². The highest BCUT2D eigenvalue weighted by molar-refractivity contribution is 7.88. The number of hydrogen-bond donors (Lipinski definition) is 1. The summed E-state index contributed by atoms with van der Waals surface area (Å²) in [5.74, 6) is 0.0183. The molecule has 1 saturated carbocycles. The Kier molecular flexibility index (Phi) is 5.03. The fourth-order valence-electron chi connectivity index (χ4n) is 4.73. The van der Waals surface area contributed by atoms with E-state index in [9.17, 15) is 26.7 Å². The maximum absolute atomic E-state index is 12.6. The van der Waals surface area contributed by atoms with Gasteiger partial charge in [-0.3, -0.25) is 0 Å². The van der Waals surface area contributed by atoms with E-state index in [0.29, 0.717) is 18.8 Å². The van der Waals surface area contributed by atoms with Crippen LogP contribution < -0.4 is 4.18 Å². The van der Waals surface area contributed by atoms with Crippen molar-refractivity contribution >= 4 is 10.1 Å². The number of fused-ring (bicyclic) bond motifs is 3. The molecule has 0 spiro atoms. The third-order valence-corrected chi connectivity index (χ3v) is 6.97. The molecule has 3 atom stereocenters. The Labute approximate surface area is 151 Å². The van der Waals surface area contributed by atoms with E-state index < -0.39 is 15.6 Å². The molecule has 2 aliphatic rings. The van der Waals surface area contributed by atoms with Gasteiger partial charge >= 0.3 is 15.6 Å². The highest BCUT2D eigenvalue weighted by atomic mass is 32.2. The van der Waals surface area contributed by atoms with Crippen molar-refractivity contribution in [3.05, 3.63) is 29.3 Å². The zero-order chi connectivity index (χ0) is 19.2. The van der Waals surface area contributed by atoms with Crippen molar-refractivity contribution in [3.8, 4) is 5.75 Å². The molecule has 0 aromatic heterocycles. The zero-order valence-electron chi connectivity index (χ0n) is 14.6. The molecule has 0 aliphatic heterocycles. The van der Waals surface area contributed by atoms with Crippen molar-refractivity contribution in [2.45, 2.75) is 68.9 Å². The molecule has 1 aromatic carbocycles. The standard InChI is InChI=1S/C18H23F3O4S/c1-2-17-9-8-14(22)11-13(17)5-3-4-12-10-15(6-7-16(12)17)25-26(23,24)18(19,20)21/h6-7,10,13-14,22H,2-5,8-9,11H2,1H3. The third-order valence-electron chi connectivity index (χ3n) is 5.99. The summed E-state index contributed by atoms with van der Waals surface area (Å²) in [6, 6.07) is 4.46. The summed E-state index contributed by atoms with van der Waals surface area (Å²) in [4.78, 5) is 0. The van der Waals surface area contributed by atoms with Crippen molar-refractivity contribution in [1.29, 1.82) is 0 Å². The molecule has 1 N–H and O–H groups in total. The normalized spacial score (nSPS) is 29.4. The van der Waals surface area contributed by atoms with Crippen LogP contribution in [0.1, 0.15) is 56.6 Å². The summed E-state index contributed by atoms with van der Waals surface area (Å²) in [5, 5.41) is 10.1. The Bertz CT molecular complexity index is 775. The number of aliphatic hydroxyl groups is 1. The Morgan fingerprint density at radius 2 is 2.04 bits per heavy atom. The molecule has 0 heterocycles. The third kappa shape index (κ3) is 3.33. The minimum atomic E-state index is -5.67. The summed E-state index contributed by atoms with van der Waals surface area (Å²) >= 11 is 0. The molecule has 146 valence electrons. The molecule has 0 amide bonds. The first-order valence-electron chi connectivity index (χ1n) is 8.91. The van der Waals surface area contributed by atoms with E-state index in [2.05, 4.69) is 11.1 Å². The highest BCUT2D eigenvalue weighted by Crippen LogP contribution is 2.51. The molecule has 3 rings (SSSR count). The number of aliphatic hydroxyl groups excluding tert-OH is 1. The maximum Gasteiger partial charge on any atom is 0.534 e. The van der Waals surface area contributed by atoms with Gasteiger partial charge in [0, 0.05) is 0 Å². The van der Waals surface area contributed by atoms with E-state index in [-0.39, 0.29) is 17.3 Å². The monoisotopic (exact) mass is 392 g/mol. The summed E-state index contributed by atoms with van der Waals surface area (Å²) in [7, 11) is -5.67. The average Bonchev–Trinajstić information content (AvgIpc) is 2.69. The van der Waals surface area contributed by atoms with Crippen LogP contribution >= 0.6 is 0 Å². The number of hydrogen-bond acceptors (Lipinski definition) is 4. The van der Waals surface area contributed by atoms with E-state index in [1.807, 2.05) is 0 Å². The van der Waals surface area contributed by atoms with Crippen LogP contribution in [0.5, 0.6) is 5.75 Å². The quantitative estimate of drug-likeness (QED) is 0.622. The Morgan fingerprint density at radius 3 is 2.69 bits per heavy atom. The van der Waals surface area contributed by atoms with Gasteiger partial charge in [0.1, 0.15) is 5.75 Å². The van der Waals surface area contributed by atoms with Crippen LogP contribution in [0.3, 0.4) is 0 Å².